The fraction of sp³-hybridized carbons (Fsp3) is 0.529. The Morgan fingerprint density at radius 1 is 1.11 bits per heavy atom. The van der Waals surface area contributed by atoms with Gasteiger partial charge in [0.05, 0.1) is 18.1 Å². The van der Waals surface area contributed by atoms with Crippen molar-refractivity contribution in [2.75, 3.05) is 32.7 Å². The van der Waals surface area contributed by atoms with Gasteiger partial charge in [-0.15, -0.1) is 0 Å². The molecule has 45 heavy (non-hydrogen) atoms. The van der Waals surface area contributed by atoms with Gasteiger partial charge in [-0.2, -0.15) is 0 Å². The third kappa shape index (κ3) is 7.39. The molecule has 6 rings (SSSR count). The maximum absolute atomic E-state index is 14.7. The van der Waals surface area contributed by atoms with Gasteiger partial charge in [0.2, 0.25) is 5.91 Å². The number of halogens is 2. The summed E-state index contributed by atoms with van der Waals surface area (Å²) >= 11 is 10.1. The maximum Gasteiger partial charge on any atom is 0.411 e. The Kier molecular flexibility index (Phi) is 9.28. The Bertz CT molecular complexity index is 1510. The quantitative estimate of drug-likeness (QED) is 0.310. The maximum atomic E-state index is 14.7. The molecule has 11 heteroatoms. The van der Waals surface area contributed by atoms with Gasteiger partial charge < -0.3 is 14.2 Å². The number of benzene rings is 1. The lowest BCUT2D eigenvalue weighted by Crippen LogP contribution is -2.62. The van der Waals surface area contributed by atoms with Crippen LogP contribution in [0.3, 0.4) is 0 Å². The topological polar surface area (TPSA) is 83.8 Å². The first-order valence-electron chi connectivity index (χ1n) is 15.9. The van der Waals surface area contributed by atoms with Crippen molar-refractivity contribution >= 4 is 39.5 Å². The number of imidazole rings is 1. The zero-order valence-electron chi connectivity index (χ0n) is 26.5. The number of aromatic nitrogens is 3. The van der Waals surface area contributed by atoms with E-state index in [1.807, 2.05) is 55.7 Å². The molecule has 0 radical (unpaired) electrons. The molecule has 240 valence electrons. The number of piperazine rings is 1. The third-order valence-corrected chi connectivity index (χ3v) is 9.69. The number of hydrogen-bond acceptors (Lipinski definition) is 6. The van der Waals surface area contributed by atoms with E-state index < -0.39 is 17.7 Å². The van der Waals surface area contributed by atoms with Crippen molar-refractivity contribution in [3.8, 4) is 0 Å². The SMILES string of the molecule is Cn1cncc1CCN(CC1CC1)C(=O)C1CN(C2c3ccc(Cl)cc3CCc3cc(Br)cnc32)CCN1C(=O)OC(C)(C)C. The largest absolute Gasteiger partial charge is 0.444 e. The molecule has 0 spiro atoms. The summed E-state index contributed by atoms with van der Waals surface area (Å²) in [6, 6.07) is 7.37. The summed E-state index contributed by atoms with van der Waals surface area (Å²) in [5, 5.41) is 0.708. The Hall–Kier alpha value is -2.95. The number of ether oxygens (including phenoxy) is 1. The fourth-order valence-corrected chi connectivity index (χ4v) is 7.13. The zero-order chi connectivity index (χ0) is 31.9. The van der Waals surface area contributed by atoms with E-state index in [4.69, 9.17) is 21.3 Å². The number of nitrogens with zero attached hydrogens (tertiary/aromatic N) is 6. The third-order valence-electron chi connectivity index (χ3n) is 9.02. The number of pyridine rings is 1. The van der Waals surface area contributed by atoms with Crippen LogP contribution < -0.4 is 0 Å². The Labute approximate surface area is 279 Å². The molecule has 0 bridgehead atoms. The van der Waals surface area contributed by atoms with E-state index in [0.29, 0.717) is 50.1 Å². The summed E-state index contributed by atoms with van der Waals surface area (Å²) < 4.78 is 8.79. The number of carbonyl (C=O) groups excluding carboxylic acids is 2. The molecule has 2 unspecified atom stereocenters. The number of amides is 2. The van der Waals surface area contributed by atoms with E-state index in [1.165, 1.54) is 11.1 Å². The van der Waals surface area contributed by atoms with E-state index in [1.54, 1.807) is 11.2 Å². The molecule has 1 saturated carbocycles. The molecule has 9 nitrogen and oxygen atoms in total. The van der Waals surface area contributed by atoms with Gasteiger partial charge in [-0.3, -0.25) is 19.6 Å². The van der Waals surface area contributed by atoms with Crippen molar-refractivity contribution in [2.24, 2.45) is 13.0 Å². The summed E-state index contributed by atoms with van der Waals surface area (Å²) in [5.74, 6) is 0.469. The smallest absolute Gasteiger partial charge is 0.411 e. The van der Waals surface area contributed by atoms with Crippen molar-refractivity contribution < 1.29 is 14.3 Å². The van der Waals surface area contributed by atoms with Crippen LogP contribution in [0.5, 0.6) is 0 Å². The van der Waals surface area contributed by atoms with Crippen LogP contribution in [0.4, 0.5) is 4.79 Å². The van der Waals surface area contributed by atoms with Crippen LogP contribution >= 0.6 is 27.5 Å². The lowest BCUT2D eigenvalue weighted by atomic mass is 9.95. The molecule has 3 aliphatic rings. The van der Waals surface area contributed by atoms with E-state index in [0.717, 1.165) is 47.1 Å². The Morgan fingerprint density at radius 3 is 2.60 bits per heavy atom. The van der Waals surface area contributed by atoms with E-state index in [2.05, 4.69) is 44.0 Å². The van der Waals surface area contributed by atoms with Crippen LogP contribution in [0.1, 0.15) is 67.7 Å². The van der Waals surface area contributed by atoms with Crippen LogP contribution in [0.2, 0.25) is 5.02 Å². The van der Waals surface area contributed by atoms with Crippen molar-refractivity contribution in [1.82, 2.24) is 29.2 Å². The van der Waals surface area contributed by atoms with Gasteiger partial charge in [0.1, 0.15) is 11.6 Å². The molecule has 1 aromatic carbocycles. The minimum atomic E-state index is -0.697. The summed E-state index contributed by atoms with van der Waals surface area (Å²) in [6.45, 7) is 8.16. The van der Waals surface area contributed by atoms with Gasteiger partial charge in [-0.05, 0) is 103 Å². The lowest BCUT2D eigenvalue weighted by molar-refractivity contribution is -0.140. The van der Waals surface area contributed by atoms with Crippen LogP contribution in [0.15, 0.2) is 47.5 Å². The highest BCUT2D eigenvalue weighted by atomic mass is 79.9. The molecular formula is C34H42BrClN6O3. The first-order chi connectivity index (χ1) is 21.5. The second kappa shape index (κ2) is 13.0. The predicted molar refractivity (Wildman–Crippen MR) is 177 cm³/mol. The highest BCUT2D eigenvalue weighted by molar-refractivity contribution is 9.10. The highest BCUT2D eigenvalue weighted by Crippen LogP contribution is 2.39. The molecule has 2 atom stereocenters. The minimum Gasteiger partial charge on any atom is -0.444 e. The van der Waals surface area contributed by atoms with Crippen LogP contribution in [0, 0.1) is 5.92 Å². The van der Waals surface area contributed by atoms with Crippen LogP contribution in [-0.4, -0.2) is 85.6 Å². The summed E-state index contributed by atoms with van der Waals surface area (Å²) in [6.07, 6.45) is 9.68. The average Bonchev–Trinajstić information content (AvgIpc) is 3.74. The summed E-state index contributed by atoms with van der Waals surface area (Å²) in [5.41, 5.74) is 4.89. The molecule has 1 saturated heterocycles. The fourth-order valence-electron chi connectivity index (χ4n) is 6.56. The summed E-state index contributed by atoms with van der Waals surface area (Å²) in [7, 11) is 1.97. The lowest BCUT2D eigenvalue weighted by Gasteiger charge is -2.45. The first-order valence-corrected chi connectivity index (χ1v) is 17.0. The molecule has 1 aliphatic heterocycles. The van der Waals surface area contributed by atoms with Gasteiger partial charge in [-0.25, -0.2) is 9.78 Å². The monoisotopic (exact) mass is 696 g/mol. The average molecular weight is 698 g/mol. The van der Waals surface area contributed by atoms with E-state index in [-0.39, 0.29) is 11.9 Å². The van der Waals surface area contributed by atoms with Crippen molar-refractivity contribution in [3.63, 3.8) is 0 Å². The van der Waals surface area contributed by atoms with Crippen LogP contribution in [0.25, 0.3) is 0 Å². The molecule has 0 N–H and O–H groups in total. The summed E-state index contributed by atoms with van der Waals surface area (Å²) in [4.78, 5) is 43.5. The van der Waals surface area contributed by atoms with Gasteiger partial charge in [0.25, 0.3) is 0 Å². The standard InChI is InChI=1S/C34H42BrClN6O3/c1-34(2,3)45-33(44)42-14-13-40(20-29(42)32(43)41(19-22-5-6-22)12-11-27-18-37-21-39(27)4)31-28-10-9-26(36)16-23(28)7-8-24-15-25(35)17-38-30(24)31/h9-10,15-18,21-22,29,31H,5-8,11-14,19-20H2,1-4H3. The van der Waals surface area contributed by atoms with Crippen molar-refractivity contribution in [1.29, 1.82) is 0 Å². The molecule has 2 aliphatic carbocycles. The Morgan fingerprint density at radius 2 is 1.89 bits per heavy atom. The van der Waals surface area contributed by atoms with Gasteiger partial charge in [0, 0.05) is 73.8 Å². The zero-order valence-corrected chi connectivity index (χ0v) is 28.9. The molecule has 2 amide bonds. The van der Waals surface area contributed by atoms with E-state index in [9.17, 15) is 9.59 Å². The first kappa shape index (κ1) is 32.0. The van der Waals surface area contributed by atoms with Crippen molar-refractivity contribution in [3.05, 3.63) is 80.6 Å². The van der Waals surface area contributed by atoms with Gasteiger partial charge >= 0.3 is 6.09 Å². The number of carbonyl (C=O) groups is 2. The van der Waals surface area contributed by atoms with Gasteiger partial charge in [0.15, 0.2) is 0 Å². The second-order valence-corrected chi connectivity index (χ2v) is 15.0. The number of hydrogen-bond donors (Lipinski definition) is 0. The van der Waals surface area contributed by atoms with Gasteiger partial charge in [-0.1, -0.05) is 17.7 Å². The number of fused-ring (bicyclic) bond motifs is 2. The normalized spacial score (nSPS) is 20.3. The molecular weight excluding hydrogens is 656 g/mol. The number of aryl methyl sites for hydroxylation is 3. The Balaban J connectivity index is 1.35. The molecule has 3 aromatic rings. The van der Waals surface area contributed by atoms with E-state index >= 15 is 0 Å². The second-order valence-electron chi connectivity index (χ2n) is 13.6. The predicted octanol–water partition coefficient (Wildman–Crippen LogP) is 5.82. The molecule has 2 aromatic heterocycles. The number of rotatable bonds is 7. The molecule has 2 fully saturated rings. The van der Waals surface area contributed by atoms with Crippen molar-refractivity contribution in [2.45, 2.75) is 70.6 Å². The van der Waals surface area contributed by atoms with Crippen LogP contribution in [-0.2, 0) is 35.8 Å². The highest BCUT2D eigenvalue weighted by Gasteiger charge is 2.43. The minimum absolute atomic E-state index is 0.0337. The molecule has 3 heterocycles.